The summed E-state index contributed by atoms with van der Waals surface area (Å²) in [6.45, 7) is -1.01. The predicted octanol–water partition coefficient (Wildman–Crippen LogP) is 3.44. The summed E-state index contributed by atoms with van der Waals surface area (Å²) in [7, 11) is 0. The number of piperazine rings is 1. The smallest absolute Gasteiger partial charge is 0.410 e. The molecule has 3 amide bonds. The molecule has 0 bridgehead atoms. The van der Waals surface area contributed by atoms with Crippen LogP contribution in [0.4, 0.5) is 9.18 Å². The van der Waals surface area contributed by atoms with E-state index in [9.17, 15) is 18.8 Å². The van der Waals surface area contributed by atoms with Gasteiger partial charge in [0.1, 0.15) is 16.4 Å². The van der Waals surface area contributed by atoms with Crippen LogP contribution in [-0.2, 0) is 9.53 Å². The van der Waals surface area contributed by atoms with E-state index in [1.165, 1.54) is 17.0 Å². The normalized spacial score (nSPS) is 19.6. The van der Waals surface area contributed by atoms with Crippen LogP contribution in [0.2, 0.25) is 5.15 Å². The number of carbonyl (C=O) groups excluding carboxylic acids is 3. The van der Waals surface area contributed by atoms with Crippen LogP contribution in [0, 0.1) is 5.95 Å². The molecular weight excluding hydrogens is 465 g/mol. The lowest BCUT2D eigenvalue weighted by Gasteiger charge is -2.41. The van der Waals surface area contributed by atoms with Crippen molar-refractivity contribution in [2.24, 2.45) is 0 Å². The van der Waals surface area contributed by atoms with E-state index in [2.05, 4.69) is 9.97 Å². The first-order chi connectivity index (χ1) is 18.2. The fourth-order valence-corrected chi connectivity index (χ4v) is 3.70. The SMILES string of the molecule is [2H]C([2H])([2H])NC(=O)c1cc(-c2cc([C@@H]3CN(C(=O)OC(C)(C)C)CCN3C(=O)C([2H])([2H])[2H])cc(Cl)n2)cc(F)n1. The van der Waals surface area contributed by atoms with Gasteiger partial charge in [0, 0.05) is 53.3 Å². The van der Waals surface area contributed by atoms with E-state index in [-0.39, 0.29) is 41.6 Å². The van der Waals surface area contributed by atoms with E-state index in [1.54, 1.807) is 26.1 Å². The Kier molecular flexibility index (Phi) is 5.28. The van der Waals surface area contributed by atoms with Crippen LogP contribution in [0.5, 0.6) is 0 Å². The third kappa shape index (κ3) is 5.99. The molecule has 0 radical (unpaired) electrons. The van der Waals surface area contributed by atoms with Gasteiger partial charge in [0.25, 0.3) is 5.91 Å². The first kappa shape index (κ1) is 18.1. The Labute approximate surface area is 210 Å². The molecule has 0 saturated carbocycles. The molecule has 1 aliphatic heterocycles. The van der Waals surface area contributed by atoms with Gasteiger partial charge in [-0.05, 0) is 44.5 Å². The average molecular weight is 498 g/mol. The Hall–Kier alpha value is -3.27. The Bertz CT molecular complexity index is 1320. The predicted molar refractivity (Wildman–Crippen MR) is 124 cm³/mol. The molecule has 11 heteroatoms. The van der Waals surface area contributed by atoms with E-state index in [0.717, 1.165) is 17.0 Å². The molecule has 1 aliphatic rings. The number of hydrogen-bond donors (Lipinski definition) is 1. The minimum absolute atomic E-state index is 0.000414. The quantitative estimate of drug-likeness (QED) is 0.651. The van der Waals surface area contributed by atoms with Gasteiger partial charge >= 0.3 is 6.09 Å². The molecule has 2 aromatic heterocycles. The van der Waals surface area contributed by atoms with Crippen molar-refractivity contribution in [2.45, 2.75) is 39.3 Å². The third-order valence-electron chi connectivity index (χ3n) is 4.93. The molecule has 34 heavy (non-hydrogen) atoms. The largest absolute Gasteiger partial charge is 0.444 e. The molecule has 1 N–H and O–H groups in total. The van der Waals surface area contributed by atoms with Crippen molar-refractivity contribution in [3.05, 3.63) is 46.6 Å². The second kappa shape index (κ2) is 9.92. The fourth-order valence-electron chi connectivity index (χ4n) is 3.49. The fraction of sp³-hybridized carbons (Fsp3) is 0.435. The van der Waals surface area contributed by atoms with E-state index >= 15 is 0 Å². The zero-order chi connectivity index (χ0) is 30.2. The van der Waals surface area contributed by atoms with Gasteiger partial charge in [0.05, 0.1) is 11.7 Å². The molecule has 2 aromatic rings. The number of rotatable bonds is 3. The molecule has 3 heterocycles. The van der Waals surface area contributed by atoms with Crippen molar-refractivity contribution >= 4 is 29.5 Å². The average Bonchev–Trinajstić information content (AvgIpc) is 2.79. The summed E-state index contributed by atoms with van der Waals surface area (Å²) >= 11 is 6.26. The number of pyridine rings is 2. The minimum atomic E-state index is -2.97. The molecule has 0 spiro atoms. The second-order valence-corrected chi connectivity index (χ2v) is 8.95. The van der Waals surface area contributed by atoms with E-state index < -0.39 is 55.0 Å². The molecule has 0 unspecified atom stereocenters. The molecule has 3 rings (SSSR count). The first-order valence-corrected chi connectivity index (χ1v) is 10.6. The summed E-state index contributed by atoms with van der Waals surface area (Å²) in [5.41, 5.74) is -1.06. The Balaban J connectivity index is 2.06. The van der Waals surface area contributed by atoms with Crippen LogP contribution >= 0.6 is 11.6 Å². The highest BCUT2D eigenvalue weighted by Gasteiger charge is 2.34. The highest BCUT2D eigenvalue weighted by Crippen LogP contribution is 2.31. The number of hydrogen-bond acceptors (Lipinski definition) is 6. The summed E-state index contributed by atoms with van der Waals surface area (Å²) < 4.78 is 64.2. The van der Waals surface area contributed by atoms with Gasteiger partial charge in [0.15, 0.2) is 0 Å². The highest BCUT2D eigenvalue weighted by atomic mass is 35.5. The zero-order valence-corrected chi connectivity index (χ0v) is 19.4. The van der Waals surface area contributed by atoms with Crippen molar-refractivity contribution < 1.29 is 31.7 Å². The highest BCUT2D eigenvalue weighted by molar-refractivity contribution is 6.29. The molecule has 182 valence electrons. The first-order valence-electron chi connectivity index (χ1n) is 13.2. The van der Waals surface area contributed by atoms with Crippen molar-refractivity contribution in [1.82, 2.24) is 25.1 Å². The lowest BCUT2D eigenvalue weighted by molar-refractivity contribution is -0.134. The van der Waals surface area contributed by atoms with Crippen LogP contribution in [0.25, 0.3) is 11.3 Å². The van der Waals surface area contributed by atoms with E-state index in [1.807, 2.05) is 0 Å². The number of aromatic nitrogens is 2. The van der Waals surface area contributed by atoms with E-state index in [0.29, 0.717) is 0 Å². The molecule has 0 aliphatic carbocycles. The minimum Gasteiger partial charge on any atom is -0.444 e. The maximum Gasteiger partial charge on any atom is 0.410 e. The topological polar surface area (TPSA) is 105 Å². The number of nitrogens with one attached hydrogen (secondary N) is 1. The number of amides is 3. The summed E-state index contributed by atoms with van der Waals surface area (Å²) in [6, 6.07) is 3.81. The molecule has 0 aromatic carbocycles. The van der Waals surface area contributed by atoms with Crippen LogP contribution < -0.4 is 5.32 Å². The summed E-state index contributed by atoms with van der Waals surface area (Å²) in [5, 5.41) is 1.60. The Morgan fingerprint density at radius 1 is 1.21 bits per heavy atom. The van der Waals surface area contributed by atoms with Gasteiger partial charge in [-0.25, -0.2) is 14.8 Å². The molecular formula is C23H27ClFN5O4. The monoisotopic (exact) mass is 497 g/mol. The van der Waals surface area contributed by atoms with Crippen molar-refractivity contribution in [3.63, 3.8) is 0 Å². The molecule has 1 saturated heterocycles. The third-order valence-corrected chi connectivity index (χ3v) is 5.12. The van der Waals surface area contributed by atoms with Crippen LogP contribution in [0.1, 0.15) is 57.9 Å². The maximum absolute atomic E-state index is 14.4. The Morgan fingerprint density at radius 3 is 2.65 bits per heavy atom. The number of halogens is 2. The number of carbonyl (C=O) groups is 3. The van der Waals surface area contributed by atoms with Gasteiger partial charge < -0.3 is 19.9 Å². The van der Waals surface area contributed by atoms with Gasteiger partial charge in [-0.1, -0.05) is 11.6 Å². The maximum atomic E-state index is 14.4. The molecule has 1 atom stereocenters. The van der Waals surface area contributed by atoms with E-state index in [4.69, 9.17) is 24.6 Å². The summed E-state index contributed by atoms with van der Waals surface area (Å²) in [5.74, 6) is -3.41. The summed E-state index contributed by atoms with van der Waals surface area (Å²) in [4.78, 5) is 47.9. The lowest BCUT2D eigenvalue weighted by Crippen LogP contribution is -2.52. The number of ether oxygens (including phenoxy) is 1. The van der Waals surface area contributed by atoms with Crippen LogP contribution in [0.15, 0.2) is 24.3 Å². The second-order valence-electron chi connectivity index (χ2n) is 8.57. The van der Waals surface area contributed by atoms with Crippen LogP contribution in [-0.4, -0.2) is 69.9 Å². The van der Waals surface area contributed by atoms with Gasteiger partial charge in [-0.15, -0.1) is 0 Å². The van der Waals surface area contributed by atoms with Gasteiger partial charge in [-0.2, -0.15) is 4.39 Å². The van der Waals surface area contributed by atoms with Crippen molar-refractivity contribution in [3.8, 4) is 11.3 Å². The van der Waals surface area contributed by atoms with Gasteiger partial charge in [0.2, 0.25) is 11.9 Å². The van der Waals surface area contributed by atoms with Crippen LogP contribution in [0.3, 0.4) is 0 Å². The standard InChI is InChI=1S/C23H27ClFN5O4/c1-13(31)30-7-6-29(22(33)34-23(2,3)4)12-18(30)15-9-16(27-19(24)10-15)14-8-17(21(32)26-5)28-20(25)11-14/h8-11,18H,6-7,12H2,1-5H3,(H,26,32)/t18-/m0/s1/i1D3,5D3. The lowest BCUT2D eigenvalue weighted by atomic mass is 10.0. The molecule has 9 nitrogen and oxygen atoms in total. The summed E-state index contributed by atoms with van der Waals surface area (Å²) in [6.07, 6.45) is -0.667. The number of nitrogens with zero attached hydrogens (tertiary/aromatic N) is 4. The van der Waals surface area contributed by atoms with Crippen molar-refractivity contribution in [1.29, 1.82) is 0 Å². The zero-order valence-electron chi connectivity index (χ0n) is 24.7. The van der Waals surface area contributed by atoms with Crippen molar-refractivity contribution in [2.75, 3.05) is 26.6 Å². The Morgan fingerprint density at radius 2 is 1.97 bits per heavy atom. The molecule has 1 fully saturated rings. The van der Waals surface area contributed by atoms with Gasteiger partial charge in [-0.3, -0.25) is 9.59 Å².